The third kappa shape index (κ3) is 2.42. The largest absolute Gasteiger partial charge is 0.311 e. The van der Waals surface area contributed by atoms with Crippen LogP contribution in [0.25, 0.3) is 0 Å². The first-order valence-corrected chi connectivity index (χ1v) is 7.67. The van der Waals surface area contributed by atoms with Gasteiger partial charge in [0, 0.05) is 13.3 Å². The zero-order chi connectivity index (χ0) is 11.8. The highest BCUT2D eigenvalue weighted by atomic mass is 32.2. The van der Waals surface area contributed by atoms with E-state index in [4.69, 9.17) is 0 Å². The Labute approximate surface area is 101 Å². The lowest BCUT2D eigenvalue weighted by molar-refractivity contribution is 0.603. The van der Waals surface area contributed by atoms with Crippen molar-refractivity contribution in [2.45, 2.75) is 13.7 Å². The van der Waals surface area contributed by atoms with Gasteiger partial charge in [0.05, 0.1) is 6.20 Å². The zero-order valence-electron chi connectivity index (χ0n) is 8.48. The Hall–Kier alpha value is -0.930. The second-order valence-electron chi connectivity index (χ2n) is 3.04. The van der Waals surface area contributed by atoms with Crippen LogP contribution in [0.5, 0.6) is 0 Å². The third-order valence-electron chi connectivity index (χ3n) is 1.68. The second kappa shape index (κ2) is 4.15. The summed E-state index contributed by atoms with van der Waals surface area (Å²) in [6.45, 7) is 0. The van der Waals surface area contributed by atoms with Gasteiger partial charge < -0.3 is 4.57 Å². The molecule has 0 atom stereocenters. The van der Waals surface area contributed by atoms with E-state index in [1.807, 2.05) is 7.05 Å². The number of nitrogens with zero attached hydrogens (tertiary/aromatic N) is 4. The fraction of sp³-hybridized carbons (Fsp3) is 0.286. The van der Waals surface area contributed by atoms with Crippen molar-refractivity contribution in [1.82, 2.24) is 19.7 Å². The summed E-state index contributed by atoms with van der Waals surface area (Å²) in [5.74, 6) is 0. The van der Waals surface area contributed by atoms with Crippen LogP contribution in [0.2, 0.25) is 0 Å². The lowest BCUT2D eigenvalue weighted by Crippen LogP contribution is -1.91. The third-order valence-corrected chi connectivity index (χ3v) is 5.59. The molecule has 16 heavy (non-hydrogen) atoms. The topological polar surface area (TPSA) is 77.7 Å². The van der Waals surface area contributed by atoms with Gasteiger partial charge in [0.1, 0.15) is 10.5 Å². The summed E-state index contributed by atoms with van der Waals surface area (Å²) >= 11 is 2.42. The van der Waals surface area contributed by atoms with Crippen LogP contribution in [0.15, 0.2) is 26.2 Å². The van der Waals surface area contributed by atoms with Crippen LogP contribution in [-0.4, -0.2) is 34.4 Å². The van der Waals surface area contributed by atoms with E-state index in [1.165, 1.54) is 18.0 Å². The zero-order valence-corrected chi connectivity index (χ0v) is 10.9. The molecule has 2 heterocycles. The predicted molar refractivity (Wildman–Crippen MR) is 60.3 cm³/mol. The number of hydrogen-bond acceptors (Lipinski definition) is 7. The van der Waals surface area contributed by atoms with Gasteiger partial charge in [0.2, 0.25) is 0 Å². The van der Waals surface area contributed by atoms with Crippen molar-refractivity contribution in [3.63, 3.8) is 0 Å². The number of aromatic nitrogens is 4. The maximum Gasteiger partial charge on any atom is 0.197 e. The van der Waals surface area contributed by atoms with Gasteiger partial charge in [-0.05, 0) is 11.8 Å². The Morgan fingerprint density at radius 1 is 1.50 bits per heavy atom. The molecule has 2 aromatic heterocycles. The van der Waals surface area contributed by atoms with Crippen LogP contribution < -0.4 is 0 Å². The number of hydrogen-bond donors (Lipinski definition) is 0. The molecule has 0 amide bonds. The van der Waals surface area contributed by atoms with Crippen molar-refractivity contribution in [2.24, 2.45) is 7.05 Å². The van der Waals surface area contributed by atoms with Crippen molar-refractivity contribution < 1.29 is 8.42 Å². The minimum absolute atomic E-state index is 0.261. The fourth-order valence-corrected chi connectivity index (χ4v) is 3.73. The second-order valence-corrected chi connectivity index (χ2v) is 7.53. The van der Waals surface area contributed by atoms with Crippen molar-refractivity contribution in [3.8, 4) is 0 Å². The van der Waals surface area contributed by atoms with Crippen LogP contribution in [0.1, 0.15) is 0 Å². The quantitative estimate of drug-likeness (QED) is 0.826. The molecule has 6 nitrogen and oxygen atoms in total. The van der Waals surface area contributed by atoms with E-state index in [-0.39, 0.29) is 4.21 Å². The molecule has 9 heteroatoms. The first-order chi connectivity index (χ1) is 7.47. The molecule has 0 saturated carbocycles. The van der Waals surface area contributed by atoms with E-state index in [2.05, 4.69) is 15.2 Å². The highest BCUT2D eigenvalue weighted by Gasteiger charge is 2.14. The van der Waals surface area contributed by atoms with E-state index in [0.717, 1.165) is 17.6 Å². The minimum atomic E-state index is -3.17. The maximum atomic E-state index is 11.2. The van der Waals surface area contributed by atoms with Crippen molar-refractivity contribution >= 4 is 32.9 Å². The number of thiazole rings is 1. The van der Waals surface area contributed by atoms with E-state index in [1.54, 1.807) is 10.9 Å². The van der Waals surface area contributed by atoms with Gasteiger partial charge in [0.25, 0.3) is 0 Å². The summed E-state index contributed by atoms with van der Waals surface area (Å²) in [6.07, 6.45) is 4.10. The predicted octanol–water partition coefficient (Wildman–Crippen LogP) is 0.826. The first-order valence-electron chi connectivity index (χ1n) is 4.14. The molecule has 0 radical (unpaired) electrons. The monoisotopic (exact) mass is 276 g/mol. The highest BCUT2D eigenvalue weighted by molar-refractivity contribution is 8.01. The van der Waals surface area contributed by atoms with Gasteiger partial charge in [0.15, 0.2) is 19.3 Å². The molecular formula is C7H8N4O2S3. The van der Waals surface area contributed by atoms with Gasteiger partial charge in [-0.3, -0.25) is 0 Å². The summed E-state index contributed by atoms with van der Waals surface area (Å²) in [5, 5.41) is 8.28. The lowest BCUT2D eigenvalue weighted by Gasteiger charge is -1.94. The molecule has 0 unspecified atom stereocenters. The number of aryl methyl sites for hydroxylation is 1. The Morgan fingerprint density at radius 2 is 2.25 bits per heavy atom. The van der Waals surface area contributed by atoms with Gasteiger partial charge in [-0.25, -0.2) is 13.4 Å². The molecule has 86 valence electrons. The maximum absolute atomic E-state index is 11.2. The molecule has 0 aliphatic rings. The molecule has 0 aliphatic heterocycles. The van der Waals surface area contributed by atoms with E-state index < -0.39 is 9.84 Å². The smallest absolute Gasteiger partial charge is 0.197 e. The molecule has 2 aromatic rings. The van der Waals surface area contributed by atoms with Gasteiger partial charge >= 0.3 is 0 Å². The molecule has 0 saturated heterocycles. The fourth-order valence-electron chi connectivity index (χ4n) is 0.906. The average molecular weight is 276 g/mol. The summed E-state index contributed by atoms with van der Waals surface area (Å²) in [7, 11) is -1.36. The standard InChI is InChI=1S/C7H8N4O2S3/c1-11-4-9-10-6(11)15-7-8-3-5(14-7)16(2,12)13/h3-4H,1-2H3. The first kappa shape index (κ1) is 11.6. The SMILES string of the molecule is Cn1cnnc1Sc1ncc(S(C)(=O)=O)s1. The van der Waals surface area contributed by atoms with Gasteiger partial charge in [-0.1, -0.05) is 11.3 Å². The molecule has 0 aliphatic carbocycles. The molecule has 0 N–H and O–H groups in total. The van der Waals surface area contributed by atoms with Crippen LogP contribution in [0.4, 0.5) is 0 Å². The van der Waals surface area contributed by atoms with Crippen molar-refractivity contribution in [3.05, 3.63) is 12.5 Å². The van der Waals surface area contributed by atoms with Gasteiger partial charge in [-0.2, -0.15) is 0 Å². The molecule has 0 spiro atoms. The Balaban J connectivity index is 2.25. The van der Waals surface area contributed by atoms with Crippen LogP contribution >= 0.6 is 23.1 Å². The Bertz CT molecular complexity index is 601. The van der Waals surface area contributed by atoms with Crippen LogP contribution in [-0.2, 0) is 16.9 Å². The minimum Gasteiger partial charge on any atom is -0.311 e. The molecule has 0 bridgehead atoms. The Kier molecular flexibility index (Phi) is 3.00. The molecule has 0 fully saturated rings. The lowest BCUT2D eigenvalue weighted by atomic mass is 11.0. The Morgan fingerprint density at radius 3 is 2.75 bits per heavy atom. The molecular weight excluding hydrogens is 268 g/mol. The van der Waals surface area contributed by atoms with Gasteiger partial charge in [-0.15, -0.1) is 10.2 Å². The summed E-state index contributed by atoms with van der Waals surface area (Å²) in [5.41, 5.74) is 0. The van der Waals surface area contributed by atoms with Crippen molar-refractivity contribution in [2.75, 3.05) is 6.26 Å². The van der Waals surface area contributed by atoms with E-state index in [0.29, 0.717) is 9.50 Å². The summed E-state index contributed by atoms with van der Waals surface area (Å²) in [6, 6.07) is 0. The van der Waals surface area contributed by atoms with Crippen molar-refractivity contribution in [1.29, 1.82) is 0 Å². The van der Waals surface area contributed by atoms with Crippen LogP contribution in [0.3, 0.4) is 0 Å². The van der Waals surface area contributed by atoms with E-state index >= 15 is 0 Å². The van der Waals surface area contributed by atoms with E-state index in [9.17, 15) is 8.42 Å². The molecule has 2 rings (SSSR count). The average Bonchev–Trinajstić information content (AvgIpc) is 2.76. The number of sulfone groups is 1. The molecule has 0 aromatic carbocycles. The number of rotatable bonds is 3. The summed E-state index contributed by atoms with van der Waals surface area (Å²) < 4.78 is 25.1. The highest BCUT2D eigenvalue weighted by Crippen LogP contribution is 2.31. The normalized spacial score (nSPS) is 11.9. The summed E-state index contributed by atoms with van der Waals surface area (Å²) in [4.78, 5) is 4.02. The van der Waals surface area contributed by atoms with Crippen LogP contribution in [0, 0.1) is 0 Å².